The van der Waals surface area contributed by atoms with Crippen LogP contribution in [-0.4, -0.2) is 65.8 Å². The molecular weight excluding hydrogens is 439 g/mol. The van der Waals surface area contributed by atoms with Gasteiger partial charge in [0.05, 0.1) is 5.69 Å². The highest BCUT2D eigenvalue weighted by molar-refractivity contribution is 14.0. The molecule has 1 saturated carbocycles. The summed E-state index contributed by atoms with van der Waals surface area (Å²) in [5, 5.41) is 8.11. The third-order valence-electron chi connectivity index (χ3n) is 5.16. The Morgan fingerprint density at radius 2 is 2.00 bits per heavy atom. The number of aryl methyl sites for hydroxylation is 1. The zero-order chi connectivity index (χ0) is 18.4. The molecule has 150 valence electrons. The van der Waals surface area contributed by atoms with E-state index in [0.29, 0.717) is 5.92 Å². The fourth-order valence-corrected chi connectivity index (χ4v) is 3.75. The number of nitrogens with zero attached hydrogens (tertiary/aromatic N) is 5. The predicted octanol–water partition coefficient (Wildman–Crippen LogP) is 3.04. The summed E-state index contributed by atoms with van der Waals surface area (Å²) >= 11 is 0. The lowest BCUT2D eigenvalue weighted by Gasteiger charge is -2.26. The molecule has 0 unspecified atom stereocenters. The average molecular weight is 476 g/mol. The number of guanidine groups is 1. The summed E-state index contributed by atoms with van der Waals surface area (Å²) in [7, 11) is 8.18. The molecule has 1 aliphatic rings. The highest BCUT2D eigenvalue weighted by Gasteiger charge is 2.19. The molecule has 0 spiro atoms. The number of aromatic nitrogens is 2. The van der Waals surface area contributed by atoms with Gasteiger partial charge in [0.25, 0.3) is 0 Å². The molecule has 1 heterocycles. The number of nitrogens with one attached hydrogen (secondary N) is 1. The highest BCUT2D eigenvalue weighted by Crippen LogP contribution is 2.22. The minimum atomic E-state index is 0. The Morgan fingerprint density at radius 1 is 1.35 bits per heavy atom. The van der Waals surface area contributed by atoms with Gasteiger partial charge in [-0.1, -0.05) is 26.7 Å². The van der Waals surface area contributed by atoms with Crippen LogP contribution in [0.25, 0.3) is 0 Å². The quantitative estimate of drug-likeness (QED) is 0.374. The van der Waals surface area contributed by atoms with E-state index < -0.39 is 0 Å². The fourth-order valence-electron chi connectivity index (χ4n) is 3.75. The molecule has 0 radical (unpaired) electrons. The summed E-state index contributed by atoms with van der Waals surface area (Å²) < 4.78 is 1.91. The van der Waals surface area contributed by atoms with E-state index in [1.54, 1.807) is 0 Å². The highest BCUT2D eigenvalue weighted by atomic mass is 127. The van der Waals surface area contributed by atoms with Crippen LogP contribution < -0.4 is 5.32 Å². The number of hydrogen-bond donors (Lipinski definition) is 1. The van der Waals surface area contributed by atoms with Gasteiger partial charge in [-0.2, -0.15) is 5.10 Å². The summed E-state index contributed by atoms with van der Waals surface area (Å²) in [5.74, 6) is 1.37. The Balaban J connectivity index is 0.00000338. The first-order chi connectivity index (χ1) is 11.9. The van der Waals surface area contributed by atoms with E-state index in [2.05, 4.69) is 59.3 Å². The van der Waals surface area contributed by atoms with Gasteiger partial charge in [-0.05, 0) is 25.8 Å². The van der Waals surface area contributed by atoms with Crippen LogP contribution in [0.2, 0.25) is 0 Å². The summed E-state index contributed by atoms with van der Waals surface area (Å²) in [5.41, 5.74) is 2.44. The molecule has 1 aromatic rings. The summed E-state index contributed by atoms with van der Waals surface area (Å²) in [6, 6.07) is 0.769. The molecular formula is C19H37IN6. The minimum absolute atomic E-state index is 0. The van der Waals surface area contributed by atoms with Crippen molar-refractivity contribution in [3.63, 3.8) is 0 Å². The van der Waals surface area contributed by atoms with Crippen molar-refractivity contribution in [1.29, 1.82) is 0 Å². The van der Waals surface area contributed by atoms with Crippen LogP contribution >= 0.6 is 24.0 Å². The van der Waals surface area contributed by atoms with Crippen molar-refractivity contribution in [2.24, 2.45) is 12.0 Å². The van der Waals surface area contributed by atoms with Gasteiger partial charge in [-0.15, -0.1) is 24.0 Å². The number of likely N-dealkylation sites (N-methyl/N-ethyl adjacent to an activating group) is 1. The zero-order valence-electron chi connectivity index (χ0n) is 17.3. The van der Waals surface area contributed by atoms with Crippen molar-refractivity contribution in [2.75, 3.05) is 34.2 Å². The van der Waals surface area contributed by atoms with Gasteiger partial charge < -0.3 is 15.1 Å². The van der Waals surface area contributed by atoms with Crippen molar-refractivity contribution in [3.8, 4) is 0 Å². The standard InChI is InChI=1S/C19H36N6.HI/c1-15(2)18-16(14-25(6)22-18)13-24(5)19(20-3)21-11-12-23(4)17-9-7-8-10-17;/h14-15,17H,7-13H2,1-6H3,(H,20,21);1H. The lowest BCUT2D eigenvalue weighted by molar-refractivity contribution is 0.248. The average Bonchev–Trinajstić information content (AvgIpc) is 3.21. The second kappa shape index (κ2) is 11.1. The lowest BCUT2D eigenvalue weighted by atomic mass is 10.1. The van der Waals surface area contributed by atoms with Gasteiger partial charge in [-0.25, -0.2) is 0 Å². The lowest BCUT2D eigenvalue weighted by Crippen LogP contribution is -2.43. The third kappa shape index (κ3) is 6.40. The van der Waals surface area contributed by atoms with E-state index in [4.69, 9.17) is 0 Å². The molecule has 7 heteroatoms. The normalized spacial score (nSPS) is 15.6. The Kier molecular flexibility index (Phi) is 9.92. The third-order valence-corrected chi connectivity index (χ3v) is 5.16. The van der Waals surface area contributed by atoms with Gasteiger partial charge in [0.1, 0.15) is 0 Å². The van der Waals surface area contributed by atoms with Crippen molar-refractivity contribution < 1.29 is 0 Å². The predicted molar refractivity (Wildman–Crippen MR) is 120 cm³/mol. The number of aliphatic imine (C=N–C) groups is 1. The van der Waals surface area contributed by atoms with Crippen LogP contribution in [0.3, 0.4) is 0 Å². The SMILES string of the molecule is CN=C(NCCN(C)C1CCCC1)N(C)Cc1cn(C)nc1C(C)C.I. The van der Waals surface area contributed by atoms with E-state index in [9.17, 15) is 0 Å². The number of hydrogen-bond acceptors (Lipinski definition) is 3. The molecule has 1 fully saturated rings. The van der Waals surface area contributed by atoms with Gasteiger partial charge >= 0.3 is 0 Å². The van der Waals surface area contributed by atoms with Gasteiger partial charge in [0.2, 0.25) is 0 Å². The molecule has 1 N–H and O–H groups in total. The molecule has 0 aliphatic heterocycles. The minimum Gasteiger partial charge on any atom is -0.355 e. The Labute approximate surface area is 176 Å². The molecule has 6 nitrogen and oxygen atoms in total. The summed E-state index contributed by atoms with van der Waals surface area (Å²) in [6.07, 6.45) is 7.59. The number of rotatable bonds is 7. The first kappa shape index (κ1) is 23.2. The van der Waals surface area contributed by atoms with Gasteiger partial charge in [0.15, 0.2) is 5.96 Å². The second-order valence-electron chi connectivity index (χ2n) is 7.62. The van der Waals surface area contributed by atoms with E-state index >= 15 is 0 Å². The van der Waals surface area contributed by atoms with Crippen LogP contribution in [0, 0.1) is 0 Å². The second-order valence-corrected chi connectivity index (χ2v) is 7.62. The van der Waals surface area contributed by atoms with E-state index in [1.165, 1.54) is 36.9 Å². The fraction of sp³-hybridized carbons (Fsp3) is 0.789. The Morgan fingerprint density at radius 3 is 2.58 bits per heavy atom. The molecule has 1 aliphatic carbocycles. The molecule has 26 heavy (non-hydrogen) atoms. The molecule has 0 atom stereocenters. The monoisotopic (exact) mass is 476 g/mol. The summed E-state index contributed by atoms with van der Waals surface area (Å²) in [6.45, 7) is 7.19. The van der Waals surface area contributed by atoms with Gasteiger partial charge in [-0.3, -0.25) is 9.67 Å². The van der Waals surface area contributed by atoms with E-state index in [0.717, 1.165) is 31.6 Å². The van der Waals surface area contributed by atoms with Crippen LogP contribution in [0.15, 0.2) is 11.2 Å². The number of halogens is 1. The smallest absolute Gasteiger partial charge is 0.193 e. The molecule has 0 saturated heterocycles. The molecule has 0 amide bonds. The Bertz CT molecular complexity index is 562. The van der Waals surface area contributed by atoms with Crippen LogP contribution in [0.1, 0.15) is 56.7 Å². The van der Waals surface area contributed by atoms with Crippen molar-refractivity contribution in [2.45, 2.75) is 58.0 Å². The maximum Gasteiger partial charge on any atom is 0.193 e. The summed E-state index contributed by atoms with van der Waals surface area (Å²) in [4.78, 5) is 9.12. The van der Waals surface area contributed by atoms with Crippen molar-refractivity contribution >= 4 is 29.9 Å². The first-order valence-corrected chi connectivity index (χ1v) is 9.56. The van der Waals surface area contributed by atoms with Crippen molar-refractivity contribution in [1.82, 2.24) is 24.9 Å². The molecule has 2 rings (SSSR count). The maximum absolute atomic E-state index is 4.60. The molecule has 1 aromatic heterocycles. The van der Waals surface area contributed by atoms with Crippen LogP contribution in [0.5, 0.6) is 0 Å². The maximum atomic E-state index is 4.60. The van der Waals surface area contributed by atoms with Crippen LogP contribution in [0.4, 0.5) is 0 Å². The first-order valence-electron chi connectivity index (χ1n) is 9.56. The zero-order valence-corrected chi connectivity index (χ0v) is 19.7. The van der Waals surface area contributed by atoms with E-state index in [1.807, 2.05) is 18.8 Å². The van der Waals surface area contributed by atoms with Gasteiger partial charge in [0, 0.05) is 58.6 Å². The topological polar surface area (TPSA) is 48.7 Å². The molecule has 0 aromatic carbocycles. The largest absolute Gasteiger partial charge is 0.355 e. The van der Waals surface area contributed by atoms with E-state index in [-0.39, 0.29) is 24.0 Å². The Hall–Kier alpha value is -0.830. The van der Waals surface area contributed by atoms with Crippen molar-refractivity contribution in [3.05, 3.63) is 17.5 Å². The molecule has 0 bridgehead atoms. The van der Waals surface area contributed by atoms with Crippen LogP contribution in [-0.2, 0) is 13.6 Å².